The van der Waals surface area contributed by atoms with E-state index in [1.165, 1.54) is 35.0 Å². The minimum absolute atomic E-state index is 0.0704. The largest absolute Gasteiger partial charge is 0.352 e. The van der Waals surface area contributed by atoms with E-state index in [1.807, 2.05) is 0 Å². The van der Waals surface area contributed by atoms with Crippen LogP contribution in [-0.2, 0) is 17.9 Å². The fourth-order valence-electron chi connectivity index (χ4n) is 2.48. The summed E-state index contributed by atoms with van der Waals surface area (Å²) in [5.41, 5.74) is 1.64. The molecule has 1 heterocycles. The van der Waals surface area contributed by atoms with Gasteiger partial charge in [0.25, 0.3) is 5.56 Å². The van der Waals surface area contributed by atoms with E-state index in [2.05, 4.69) is 10.4 Å². The van der Waals surface area contributed by atoms with Crippen molar-refractivity contribution in [2.75, 3.05) is 0 Å². The fourth-order valence-corrected chi connectivity index (χ4v) is 2.48. The molecule has 1 N–H and O–H groups in total. The Bertz CT molecular complexity index is 983. The second-order valence-electron chi connectivity index (χ2n) is 5.94. The number of aromatic nitrogens is 2. The number of nitrogens with one attached hydrogen (secondary N) is 1. The SMILES string of the molecule is O=C(CCn1nc(-c2ccc(F)cc2)ccc1=O)NCc1ccc(F)cc1. The number of carbonyl (C=O) groups excluding carboxylic acids is 1. The summed E-state index contributed by atoms with van der Waals surface area (Å²) in [7, 11) is 0. The van der Waals surface area contributed by atoms with Crippen LogP contribution in [-0.4, -0.2) is 15.7 Å². The van der Waals surface area contributed by atoms with Gasteiger partial charge in [0.1, 0.15) is 11.6 Å². The van der Waals surface area contributed by atoms with Gasteiger partial charge in [0.05, 0.1) is 12.2 Å². The molecule has 138 valence electrons. The third kappa shape index (κ3) is 5.07. The van der Waals surface area contributed by atoms with Crippen molar-refractivity contribution >= 4 is 5.91 Å². The zero-order valence-electron chi connectivity index (χ0n) is 14.4. The van der Waals surface area contributed by atoms with Crippen LogP contribution >= 0.6 is 0 Å². The zero-order valence-corrected chi connectivity index (χ0v) is 14.4. The molecule has 3 rings (SSSR count). The average molecular weight is 369 g/mol. The Morgan fingerprint density at radius 2 is 1.56 bits per heavy atom. The van der Waals surface area contributed by atoms with Gasteiger partial charge in [0, 0.05) is 24.6 Å². The highest BCUT2D eigenvalue weighted by Crippen LogP contribution is 2.15. The molecule has 0 atom stereocenters. The Hall–Kier alpha value is -3.35. The Labute approximate surface area is 154 Å². The van der Waals surface area contributed by atoms with Gasteiger partial charge in [-0.15, -0.1) is 0 Å². The topological polar surface area (TPSA) is 64.0 Å². The van der Waals surface area contributed by atoms with Gasteiger partial charge in [-0.25, -0.2) is 13.5 Å². The van der Waals surface area contributed by atoms with Gasteiger partial charge in [0.2, 0.25) is 5.91 Å². The van der Waals surface area contributed by atoms with Crippen molar-refractivity contribution in [2.24, 2.45) is 0 Å². The molecule has 1 aromatic heterocycles. The summed E-state index contributed by atoms with van der Waals surface area (Å²) in [6.45, 7) is 0.389. The van der Waals surface area contributed by atoms with E-state index in [0.29, 0.717) is 11.3 Å². The number of aryl methyl sites for hydroxylation is 1. The molecule has 5 nitrogen and oxygen atoms in total. The number of amides is 1. The fraction of sp³-hybridized carbons (Fsp3) is 0.150. The molecular formula is C20H17F2N3O2. The summed E-state index contributed by atoms with van der Waals surface area (Å²) >= 11 is 0. The molecule has 0 fully saturated rings. The van der Waals surface area contributed by atoms with Gasteiger partial charge in [-0.2, -0.15) is 5.10 Å². The van der Waals surface area contributed by atoms with Crippen LogP contribution in [0.1, 0.15) is 12.0 Å². The van der Waals surface area contributed by atoms with Crippen LogP contribution in [0.3, 0.4) is 0 Å². The predicted octanol–water partition coefficient (Wildman–Crippen LogP) is 2.90. The van der Waals surface area contributed by atoms with Crippen molar-refractivity contribution in [1.29, 1.82) is 0 Å². The maximum atomic E-state index is 13.0. The third-order valence-corrected chi connectivity index (χ3v) is 3.96. The summed E-state index contributed by atoms with van der Waals surface area (Å²) in [6.07, 6.45) is 0.0704. The van der Waals surface area contributed by atoms with Crippen LogP contribution in [0.15, 0.2) is 65.5 Å². The summed E-state index contributed by atoms with van der Waals surface area (Å²) in [4.78, 5) is 23.9. The number of carbonyl (C=O) groups is 1. The van der Waals surface area contributed by atoms with Gasteiger partial charge in [0.15, 0.2) is 0 Å². The maximum Gasteiger partial charge on any atom is 0.266 e. The number of halogens is 2. The van der Waals surface area contributed by atoms with E-state index in [4.69, 9.17) is 0 Å². The molecule has 0 unspecified atom stereocenters. The molecule has 0 aliphatic carbocycles. The molecule has 0 radical (unpaired) electrons. The van der Waals surface area contributed by atoms with Gasteiger partial charge in [-0.1, -0.05) is 12.1 Å². The van der Waals surface area contributed by atoms with Gasteiger partial charge in [-0.05, 0) is 48.0 Å². The van der Waals surface area contributed by atoms with Gasteiger partial charge in [-0.3, -0.25) is 9.59 Å². The van der Waals surface area contributed by atoms with Crippen LogP contribution in [0.5, 0.6) is 0 Å². The molecule has 1 amide bonds. The maximum absolute atomic E-state index is 13.0. The monoisotopic (exact) mass is 369 g/mol. The van der Waals surface area contributed by atoms with E-state index in [1.54, 1.807) is 30.3 Å². The zero-order chi connectivity index (χ0) is 19.2. The number of hydrogen-bond donors (Lipinski definition) is 1. The molecule has 2 aromatic carbocycles. The van der Waals surface area contributed by atoms with E-state index in [9.17, 15) is 18.4 Å². The molecule has 0 saturated heterocycles. The van der Waals surface area contributed by atoms with Crippen LogP contribution in [0.4, 0.5) is 8.78 Å². The number of nitrogens with zero attached hydrogens (tertiary/aromatic N) is 2. The van der Waals surface area contributed by atoms with Gasteiger partial charge < -0.3 is 5.32 Å². The smallest absolute Gasteiger partial charge is 0.266 e. The lowest BCUT2D eigenvalue weighted by atomic mass is 10.1. The van der Waals surface area contributed by atoms with E-state index in [0.717, 1.165) is 5.56 Å². The van der Waals surface area contributed by atoms with E-state index < -0.39 is 0 Å². The lowest BCUT2D eigenvalue weighted by Gasteiger charge is -2.08. The molecule has 27 heavy (non-hydrogen) atoms. The normalized spacial score (nSPS) is 10.6. The Morgan fingerprint density at radius 1 is 0.926 bits per heavy atom. The second kappa shape index (κ2) is 8.35. The summed E-state index contributed by atoms with van der Waals surface area (Å²) in [5.74, 6) is -0.943. The number of benzene rings is 2. The Morgan fingerprint density at radius 3 is 2.22 bits per heavy atom. The molecule has 0 aliphatic heterocycles. The van der Waals surface area contributed by atoms with Crippen molar-refractivity contribution in [3.8, 4) is 11.3 Å². The summed E-state index contributed by atoms with van der Waals surface area (Å²) in [6, 6.07) is 14.5. The van der Waals surface area contributed by atoms with Crippen molar-refractivity contribution in [3.63, 3.8) is 0 Å². The first-order valence-corrected chi connectivity index (χ1v) is 8.36. The van der Waals surface area contributed by atoms with Crippen LogP contribution in [0.25, 0.3) is 11.3 Å². The van der Waals surface area contributed by atoms with Crippen LogP contribution in [0.2, 0.25) is 0 Å². The highest BCUT2D eigenvalue weighted by atomic mass is 19.1. The summed E-state index contributed by atoms with van der Waals surface area (Å²) < 4.78 is 27.1. The molecule has 7 heteroatoms. The third-order valence-electron chi connectivity index (χ3n) is 3.96. The van der Waals surface area contributed by atoms with Crippen LogP contribution in [0, 0.1) is 11.6 Å². The highest BCUT2D eigenvalue weighted by Gasteiger charge is 2.07. The predicted molar refractivity (Wildman–Crippen MR) is 96.8 cm³/mol. The molecule has 0 saturated carbocycles. The molecule has 0 aliphatic rings. The van der Waals surface area contributed by atoms with E-state index >= 15 is 0 Å². The number of rotatable bonds is 6. The van der Waals surface area contributed by atoms with Gasteiger partial charge >= 0.3 is 0 Å². The molecule has 0 spiro atoms. The minimum Gasteiger partial charge on any atom is -0.352 e. The number of hydrogen-bond acceptors (Lipinski definition) is 3. The summed E-state index contributed by atoms with van der Waals surface area (Å²) in [5, 5.41) is 6.95. The molecule has 3 aromatic rings. The first-order chi connectivity index (χ1) is 13.0. The van der Waals surface area contributed by atoms with Crippen LogP contribution < -0.4 is 10.9 Å². The molecular weight excluding hydrogens is 352 g/mol. The standard InChI is InChI=1S/C20H17F2N3O2/c21-16-5-1-14(2-6-16)13-23-19(26)11-12-25-20(27)10-9-18(24-25)15-3-7-17(22)8-4-15/h1-10H,11-13H2,(H,23,26). The Balaban J connectivity index is 1.60. The lowest BCUT2D eigenvalue weighted by molar-refractivity contribution is -0.121. The van der Waals surface area contributed by atoms with Crippen molar-refractivity contribution in [3.05, 3.63) is 88.2 Å². The van der Waals surface area contributed by atoms with Crippen molar-refractivity contribution < 1.29 is 13.6 Å². The van der Waals surface area contributed by atoms with E-state index in [-0.39, 0.29) is 42.6 Å². The highest BCUT2D eigenvalue weighted by molar-refractivity contribution is 5.75. The lowest BCUT2D eigenvalue weighted by Crippen LogP contribution is -2.28. The quantitative estimate of drug-likeness (QED) is 0.727. The first-order valence-electron chi connectivity index (χ1n) is 8.36. The minimum atomic E-state index is -0.357. The first kappa shape index (κ1) is 18.4. The van der Waals surface area contributed by atoms with Crippen molar-refractivity contribution in [2.45, 2.75) is 19.5 Å². The van der Waals surface area contributed by atoms with Crippen molar-refractivity contribution in [1.82, 2.24) is 15.1 Å². The second-order valence-corrected chi connectivity index (χ2v) is 5.94. The Kier molecular flexibility index (Phi) is 5.71. The molecule has 0 bridgehead atoms. The average Bonchev–Trinajstić information content (AvgIpc) is 2.67.